The van der Waals surface area contributed by atoms with Gasteiger partial charge in [0.05, 0.1) is 22.4 Å². The molecule has 0 heterocycles. The molecule has 0 radical (unpaired) electrons. The van der Waals surface area contributed by atoms with Crippen LogP contribution in [-0.4, -0.2) is 33.7 Å². The number of hydrogen-bond acceptors (Lipinski definition) is 4. The van der Waals surface area contributed by atoms with Crippen molar-refractivity contribution in [2.75, 3.05) is 19.4 Å². The van der Waals surface area contributed by atoms with Crippen molar-refractivity contribution in [3.8, 4) is 5.75 Å². The molecule has 29 heavy (non-hydrogen) atoms. The zero-order chi connectivity index (χ0) is 21.3. The van der Waals surface area contributed by atoms with E-state index in [9.17, 15) is 26.4 Å². The summed E-state index contributed by atoms with van der Waals surface area (Å²) in [5, 5.41) is 2.71. The molecule has 1 aliphatic carbocycles. The van der Waals surface area contributed by atoms with Gasteiger partial charge in [-0.1, -0.05) is 18.2 Å². The summed E-state index contributed by atoms with van der Waals surface area (Å²) in [7, 11) is -3.29. The Balaban J connectivity index is 1.55. The van der Waals surface area contributed by atoms with Crippen LogP contribution in [0.2, 0.25) is 0 Å². The van der Waals surface area contributed by atoms with E-state index in [0.29, 0.717) is 24.2 Å². The summed E-state index contributed by atoms with van der Waals surface area (Å²) in [6.45, 7) is 0.315. The first kappa shape index (κ1) is 21.2. The highest BCUT2D eigenvalue weighted by Crippen LogP contribution is 2.49. The van der Waals surface area contributed by atoms with Gasteiger partial charge in [0.2, 0.25) is 5.91 Å². The quantitative estimate of drug-likeness (QED) is 0.688. The van der Waals surface area contributed by atoms with Gasteiger partial charge in [0, 0.05) is 6.26 Å². The third kappa shape index (κ3) is 4.90. The largest absolute Gasteiger partial charge is 0.492 e. The fraction of sp³-hybridized carbons (Fsp3) is 0.350. The van der Waals surface area contributed by atoms with E-state index in [1.807, 2.05) is 0 Å². The van der Waals surface area contributed by atoms with Crippen LogP contribution < -0.4 is 10.1 Å². The molecule has 0 unspecified atom stereocenters. The van der Waals surface area contributed by atoms with Gasteiger partial charge in [-0.3, -0.25) is 4.79 Å². The molecule has 1 amide bonds. The predicted molar refractivity (Wildman–Crippen MR) is 100 cm³/mol. The smallest absolute Gasteiger partial charge is 0.416 e. The summed E-state index contributed by atoms with van der Waals surface area (Å²) in [5.74, 6) is 0.124. The first-order valence-electron chi connectivity index (χ1n) is 8.91. The van der Waals surface area contributed by atoms with Crippen molar-refractivity contribution < 1.29 is 31.1 Å². The molecule has 1 fully saturated rings. The zero-order valence-electron chi connectivity index (χ0n) is 15.6. The van der Waals surface area contributed by atoms with Crippen molar-refractivity contribution in [3.63, 3.8) is 0 Å². The monoisotopic (exact) mass is 427 g/mol. The van der Waals surface area contributed by atoms with E-state index in [0.717, 1.165) is 18.4 Å². The van der Waals surface area contributed by atoms with E-state index in [-0.39, 0.29) is 24.0 Å². The molecule has 0 aliphatic heterocycles. The summed E-state index contributed by atoms with van der Waals surface area (Å²) in [4.78, 5) is 12.7. The topological polar surface area (TPSA) is 72.5 Å². The number of carbonyl (C=O) groups excluding carboxylic acids is 1. The average molecular weight is 427 g/mol. The van der Waals surface area contributed by atoms with E-state index in [2.05, 4.69) is 5.32 Å². The van der Waals surface area contributed by atoms with E-state index < -0.39 is 27.0 Å². The zero-order valence-corrected chi connectivity index (χ0v) is 16.4. The lowest BCUT2D eigenvalue weighted by Gasteiger charge is -2.17. The normalized spacial score (nSPS) is 15.6. The van der Waals surface area contributed by atoms with Crippen molar-refractivity contribution in [2.24, 2.45) is 0 Å². The maximum atomic E-state index is 12.9. The highest BCUT2D eigenvalue weighted by atomic mass is 32.2. The van der Waals surface area contributed by atoms with Crippen LogP contribution >= 0.6 is 0 Å². The molecule has 9 heteroatoms. The van der Waals surface area contributed by atoms with E-state index in [1.54, 1.807) is 6.07 Å². The van der Waals surface area contributed by atoms with Crippen molar-refractivity contribution in [3.05, 3.63) is 59.7 Å². The number of hydrogen-bond donors (Lipinski definition) is 1. The molecule has 1 N–H and O–H groups in total. The van der Waals surface area contributed by atoms with Crippen LogP contribution in [0.1, 0.15) is 24.0 Å². The Morgan fingerprint density at radius 3 is 2.34 bits per heavy atom. The first-order valence-corrected chi connectivity index (χ1v) is 10.8. The highest BCUT2D eigenvalue weighted by Gasteiger charge is 2.51. The number of benzene rings is 2. The maximum absolute atomic E-state index is 12.9. The Kier molecular flexibility index (Phi) is 5.62. The lowest BCUT2D eigenvalue weighted by Crippen LogP contribution is -2.37. The third-order valence-electron chi connectivity index (χ3n) is 4.84. The Hall–Kier alpha value is -2.55. The molecule has 2 aromatic carbocycles. The first-order chi connectivity index (χ1) is 13.5. The summed E-state index contributed by atoms with van der Waals surface area (Å²) in [6.07, 6.45) is -2.36. The lowest BCUT2D eigenvalue weighted by atomic mass is 9.93. The molecule has 2 aromatic rings. The van der Waals surface area contributed by atoms with Crippen molar-refractivity contribution >= 4 is 15.7 Å². The van der Waals surface area contributed by atoms with Gasteiger partial charge in [-0.25, -0.2) is 8.42 Å². The molecule has 5 nitrogen and oxygen atoms in total. The van der Waals surface area contributed by atoms with Gasteiger partial charge in [-0.05, 0) is 48.7 Å². The third-order valence-corrected chi connectivity index (χ3v) is 5.96. The minimum atomic E-state index is -4.46. The minimum Gasteiger partial charge on any atom is -0.492 e. The lowest BCUT2D eigenvalue weighted by molar-refractivity contribution is -0.137. The summed E-state index contributed by atoms with van der Waals surface area (Å²) in [5.41, 5.74) is -1.32. The van der Waals surface area contributed by atoms with Gasteiger partial charge in [0.1, 0.15) is 12.4 Å². The number of alkyl halides is 3. The highest BCUT2D eigenvalue weighted by molar-refractivity contribution is 7.90. The molecule has 0 aromatic heterocycles. The average Bonchev–Trinajstić information content (AvgIpc) is 3.46. The fourth-order valence-electron chi connectivity index (χ4n) is 3.05. The number of ether oxygens (including phenoxy) is 1. The second-order valence-corrected chi connectivity index (χ2v) is 9.02. The van der Waals surface area contributed by atoms with Crippen LogP contribution in [0.15, 0.2) is 53.4 Å². The van der Waals surface area contributed by atoms with Crippen molar-refractivity contribution in [1.82, 2.24) is 5.32 Å². The molecule has 3 rings (SSSR count). The van der Waals surface area contributed by atoms with Gasteiger partial charge in [-0.15, -0.1) is 0 Å². The van der Waals surface area contributed by atoms with Gasteiger partial charge >= 0.3 is 6.18 Å². The Bertz CT molecular complexity index is 997. The molecule has 0 atom stereocenters. The minimum absolute atomic E-state index is 0.142. The number of carbonyl (C=O) groups is 1. The van der Waals surface area contributed by atoms with E-state index >= 15 is 0 Å². The van der Waals surface area contributed by atoms with Crippen LogP contribution in [0.3, 0.4) is 0 Å². The maximum Gasteiger partial charge on any atom is 0.416 e. The molecule has 1 aliphatic rings. The van der Waals surface area contributed by atoms with Crippen LogP contribution in [0.25, 0.3) is 0 Å². The molecule has 0 saturated heterocycles. The van der Waals surface area contributed by atoms with Crippen molar-refractivity contribution in [2.45, 2.75) is 29.3 Å². The Labute approximate surface area is 166 Å². The predicted octanol–water partition coefficient (Wildman–Crippen LogP) is 3.34. The molecule has 1 saturated carbocycles. The van der Waals surface area contributed by atoms with Gasteiger partial charge in [0.25, 0.3) is 0 Å². The molecular weight excluding hydrogens is 407 g/mol. The van der Waals surface area contributed by atoms with Crippen LogP contribution in [-0.2, 0) is 26.2 Å². The SMILES string of the molecule is CS(=O)(=O)c1ccc(OCCNC(=O)C2(c3cccc(C(F)(F)F)c3)CC2)cc1. The second kappa shape index (κ2) is 7.70. The van der Waals surface area contributed by atoms with Crippen LogP contribution in [0, 0.1) is 0 Å². The van der Waals surface area contributed by atoms with Gasteiger partial charge < -0.3 is 10.1 Å². The summed E-state index contributed by atoms with van der Waals surface area (Å²) < 4.78 is 67.1. The Morgan fingerprint density at radius 2 is 1.79 bits per heavy atom. The van der Waals surface area contributed by atoms with Crippen LogP contribution in [0.4, 0.5) is 13.2 Å². The number of rotatable bonds is 7. The second-order valence-electron chi connectivity index (χ2n) is 7.01. The van der Waals surface area contributed by atoms with Gasteiger partial charge in [0.15, 0.2) is 9.84 Å². The standard InChI is InChI=1S/C20H20F3NO4S/c1-29(26,27)17-7-5-16(6-8-17)28-12-11-24-18(25)19(9-10-19)14-3-2-4-15(13-14)20(21,22)23/h2-8,13H,9-12H2,1H3,(H,24,25). The van der Waals surface area contributed by atoms with Crippen molar-refractivity contribution in [1.29, 1.82) is 0 Å². The van der Waals surface area contributed by atoms with E-state index in [4.69, 9.17) is 4.74 Å². The summed E-state index contributed by atoms with van der Waals surface area (Å²) >= 11 is 0. The van der Waals surface area contributed by atoms with Crippen LogP contribution in [0.5, 0.6) is 5.75 Å². The molecule has 0 bridgehead atoms. The number of sulfone groups is 1. The summed E-state index contributed by atoms with van der Waals surface area (Å²) in [6, 6.07) is 10.8. The number of halogens is 3. The Morgan fingerprint density at radius 1 is 1.14 bits per heavy atom. The van der Waals surface area contributed by atoms with E-state index in [1.165, 1.54) is 30.3 Å². The molecular formula is C20H20F3NO4S. The molecule has 156 valence electrons. The number of amides is 1. The number of nitrogens with one attached hydrogen (secondary N) is 1. The van der Waals surface area contributed by atoms with Gasteiger partial charge in [-0.2, -0.15) is 13.2 Å². The fourth-order valence-corrected chi connectivity index (χ4v) is 3.68. The molecule has 0 spiro atoms.